The topological polar surface area (TPSA) is 13.1 Å². The first-order valence-corrected chi connectivity index (χ1v) is 7.80. The molecule has 0 aliphatic carbocycles. The van der Waals surface area contributed by atoms with E-state index in [2.05, 4.69) is 66.7 Å². The Morgan fingerprint density at radius 2 is 1.00 bits per heavy atom. The van der Waals surface area contributed by atoms with E-state index in [1.807, 2.05) is 18.2 Å². The van der Waals surface area contributed by atoms with Crippen molar-refractivity contribution in [2.45, 2.75) is 0 Å². The summed E-state index contributed by atoms with van der Waals surface area (Å²) in [6, 6.07) is 29.5. The largest absolute Gasteiger partial charge is 0.455 e. The van der Waals surface area contributed by atoms with Gasteiger partial charge in [0.1, 0.15) is 11.3 Å². The van der Waals surface area contributed by atoms with Crippen LogP contribution in [-0.2, 0) is 0 Å². The molecule has 108 valence electrons. The molecule has 1 heterocycles. The lowest BCUT2D eigenvalue weighted by molar-refractivity contribution is 0.635. The van der Waals surface area contributed by atoms with Crippen LogP contribution in [0.5, 0.6) is 0 Å². The van der Waals surface area contributed by atoms with E-state index >= 15 is 0 Å². The van der Waals surface area contributed by atoms with Crippen molar-refractivity contribution in [1.82, 2.24) is 0 Å². The van der Waals surface area contributed by atoms with E-state index in [-0.39, 0.29) is 0 Å². The predicted octanol–water partition coefficient (Wildman–Crippen LogP) is 6.41. The molecule has 5 aromatic rings. The minimum Gasteiger partial charge on any atom is -0.455 e. The molecule has 0 aliphatic heterocycles. The smallest absolute Gasteiger partial charge is 0.143 e. The lowest BCUT2D eigenvalue weighted by atomic mass is 9.98. The lowest BCUT2D eigenvalue weighted by Crippen LogP contribution is -1.78. The zero-order chi connectivity index (χ0) is 15.2. The Kier molecular flexibility index (Phi) is 2.56. The van der Waals surface area contributed by atoms with E-state index in [0.717, 1.165) is 16.9 Å². The third-order valence-corrected chi connectivity index (χ3v) is 4.47. The van der Waals surface area contributed by atoms with Gasteiger partial charge in [-0.25, -0.2) is 0 Å². The van der Waals surface area contributed by atoms with Crippen LogP contribution in [0.2, 0.25) is 0 Å². The summed E-state index contributed by atoms with van der Waals surface area (Å²) in [7, 11) is 0. The summed E-state index contributed by atoms with van der Waals surface area (Å²) in [6.07, 6.45) is 0. The molecule has 0 unspecified atom stereocenters. The molecule has 0 amide bonds. The van der Waals surface area contributed by atoms with Crippen molar-refractivity contribution in [3.05, 3.63) is 84.9 Å². The van der Waals surface area contributed by atoms with Gasteiger partial charge < -0.3 is 4.42 Å². The molecular formula is C22H14O. The highest BCUT2D eigenvalue weighted by Crippen LogP contribution is 2.38. The van der Waals surface area contributed by atoms with Gasteiger partial charge in [-0.05, 0) is 22.2 Å². The molecule has 0 N–H and O–H groups in total. The summed E-state index contributed by atoms with van der Waals surface area (Å²) in [4.78, 5) is 0. The Bertz CT molecular complexity index is 1080. The first-order chi connectivity index (χ1) is 11.4. The molecule has 4 aromatic carbocycles. The SMILES string of the molecule is c1ccc(-c2cc3c4ccccc4c4ccccc4c3o2)cc1. The van der Waals surface area contributed by atoms with E-state index in [0.29, 0.717) is 0 Å². The molecule has 0 spiro atoms. The highest BCUT2D eigenvalue weighted by atomic mass is 16.3. The number of furan rings is 1. The molecule has 5 rings (SSSR count). The molecule has 0 saturated carbocycles. The van der Waals surface area contributed by atoms with Crippen LogP contribution in [0.15, 0.2) is 89.3 Å². The van der Waals surface area contributed by atoms with Crippen LogP contribution in [0.4, 0.5) is 0 Å². The van der Waals surface area contributed by atoms with Crippen molar-refractivity contribution < 1.29 is 4.42 Å². The van der Waals surface area contributed by atoms with Crippen LogP contribution < -0.4 is 0 Å². The van der Waals surface area contributed by atoms with Gasteiger partial charge in [-0.1, -0.05) is 78.9 Å². The highest BCUT2D eigenvalue weighted by Gasteiger charge is 2.13. The van der Waals surface area contributed by atoms with Gasteiger partial charge in [-0.15, -0.1) is 0 Å². The molecule has 1 heteroatoms. The van der Waals surface area contributed by atoms with Gasteiger partial charge >= 0.3 is 0 Å². The maximum atomic E-state index is 6.28. The fraction of sp³-hybridized carbons (Fsp3) is 0. The van der Waals surface area contributed by atoms with Crippen molar-refractivity contribution in [3.8, 4) is 11.3 Å². The summed E-state index contributed by atoms with van der Waals surface area (Å²) >= 11 is 0. The third-order valence-electron chi connectivity index (χ3n) is 4.47. The van der Waals surface area contributed by atoms with Gasteiger partial charge in [0.25, 0.3) is 0 Å². The Hall–Kier alpha value is -3.06. The number of benzene rings is 4. The molecule has 0 aliphatic rings. The number of fused-ring (bicyclic) bond motifs is 6. The third kappa shape index (κ3) is 1.80. The van der Waals surface area contributed by atoms with Crippen LogP contribution in [0.25, 0.3) is 43.8 Å². The summed E-state index contributed by atoms with van der Waals surface area (Å²) in [5.74, 6) is 0.919. The zero-order valence-electron chi connectivity index (χ0n) is 12.5. The van der Waals surface area contributed by atoms with Crippen molar-refractivity contribution >= 4 is 32.5 Å². The van der Waals surface area contributed by atoms with Gasteiger partial charge in [-0.2, -0.15) is 0 Å². The summed E-state index contributed by atoms with van der Waals surface area (Å²) in [5.41, 5.74) is 2.08. The molecule has 1 aromatic heterocycles. The van der Waals surface area contributed by atoms with Gasteiger partial charge in [-0.3, -0.25) is 0 Å². The Morgan fingerprint density at radius 1 is 0.478 bits per heavy atom. The van der Waals surface area contributed by atoms with E-state index in [1.165, 1.54) is 26.9 Å². The fourth-order valence-corrected chi connectivity index (χ4v) is 3.40. The quantitative estimate of drug-likeness (QED) is 0.326. The summed E-state index contributed by atoms with van der Waals surface area (Å²) in [5, 5.41) is 6.11. The first kappa shape index (κ1) is 12.5. The number of hydrogen-bond acceptors (Lipinski definition) is 1. The van der Waals surface area contributed by atoms with E-state index in [1.54, 1.807) is 0 Å². The molecule has 0 fully saturated rings. The molecule has 1 nitrogen and oxygen atoms in total. The van der Waals surface area contributed by atoms with E-state index in [9.17, 15) is 0 Å². The summed E-state index contributed by atoms with van der Waals surface area (Å²) < 4.78 is 6.28. The van der Waals surface area contributed by atoms with Crippen molar-refractivity contribution in [2.75, 3.05) is 0 Å². The normalized spacial score (nSPS) is 11.5. The second kappa shape index (κ2) is 4.72. The van der Waals surface area contributed by atoms with Gasteiger partial charge in [0.15, 0.2) is 0 Å². The lowest BCUT2D eigenvalue weighted by Gasteiger charge is -2.05. The Labute approximate surface area is 133 Å². The predicted molar refractivity (Wildman–Crippen MR) is 96.7 cm³/mol. The molecule has 0 bridgehead atoms. The second-order valence-electron chi connectivity index (χ2n) is 5.81. The maximum Gasteiger partial charge on any atom is 0.143 e. The van der Waals surface area contributed by atoms with Gasteiger partial charge in [0.2, 0.25) is 0 Å². The van der Waals surface area contributed by atoms with Gasteiger partial charge in [0.05, 0.1) is 0 Å². The van der Waals surface area contributed by atoms with Gasteiger partial charge in [0, 0.05) is 16.3 Å². The van der Waals surface area contributed by atoms with Crippen molar-refractivity contribution in [2.24, 2.45) is 0 Å². The van der Waals surface area contributed by atoms with Crippen LogP contribution >= 0.6 is 0 Å². The second-order valence-corrected chi connectivity index (χ2v) is 5.81. The minimum absolute atomic E-state index is 0.919. The Morgan fingerprint density at radius 3 is 1.70 bits per heavy atom. The molecule has 0 saturated heterocycles. The fourth-order valence-electron chi connectivity index (χ4n) is 3.40. The zero-order valence-corrected chi connectivity index (χ0v) is 12.5. The minimum atomic E-state index is 0.919. The number of hydrogen-bond donors (Lipinski definition) is 0. The van der Waals surface area contributed by atoms with Crippen LogP contribution in [0.1, 0.15) is 0 Å². The average Bonchev–Trinajstić information content (AvgIpc) is 3.09. The van der Waals surface area contributed by atoms with Crippen LogP contribution in [-0.4, -0.2) is 0 Å². The monoisotopic (exact) mass is 294 g/mol. The van der Waals surface area contributed by atoms with Crippen LogP contribution in [0.3, 0.4) is 0 Å². The average molecular weight is 294 g/mol. The first-order valence-electron chi connectivity index (χ1n) is 7.80. The summed E-state index contributed by atoms with van der Waals surface area (Å²) in [6.45, 7) is 0. The Balaban J connectivity index is 1.99. The van der Waals surface area contributed by atoms with Crippen LogP contribution in [0, 0.1) is 0 Å². The molecule has 0 radical (unpaired) electrons. The van der Waals surface area contributed by atoms with E-state index < -0.39 is 0 Å². The van der Waals surface area contributed by atoms with Crippen molar-refractivity contribution in [3.63, 3.8) is 0 Å². The number of rotatable bonds is 1. The molecule has 23 heavy (non-hydrogen) atoms. The van der Waals surface area contributed by atoms with Crippen molar-refractivity contribution in [1.29, 1.82) is 0 Å². The highest BCUT2D eigenvalue weighted by molar-refractivity contribution is 6.24. The molecular weight excluding hydrogens is 280 g/mol. The van der Waals surface area contributed by atoms with E-state index in [4.69, 9.17) is 4.42 Å². The standard InChI is InChI=1S/C22H14O/c1-2-8-15(9-3-1)21-14-20-18-12-5-4-10-16(18)17-11-6-7-13-19(17)22(20)23-21/h1-14H. The maximum absolute atomic E-state index is 6.28. The molecule has 0 atom stereocenters.